The van der Waals surface area contributed by atoms with Crippen molar-refractivity contribution in [3.63, 3.8) is 0 Å². The van der Waals surface area contributed by atoms with E-state index in [9.17, 15) is 25.9 Å². The smallest absolute Gasteiger partial charge is 0.274 e. The highest BCUT2D eigenvalue weighted by atomic mass is 35.5. The molecule has 1 aliphatic heterocycles. The lowest BCUT2D eigenvalue weighted by atomic mass is 9.54. The number of nitrogens with one attached hydrogen (secondary N) is 2. The molecular formula is C20H18ClN6O2+. The minimum atomic E-state index is -1.98. The maximum absolute atomic E-state index is 11.7. The minimum Gasteiger partial charge on any atom is -0.331 e. The fraction of sp³-hybridized carbons (Fsp3) is 0.400. The summed E-state index contributed by atoms with van der Waals surface area (Å²) >= 11 is 5.96. The Balaban J connectivity index is 2.34. The van der Waals surface area contributed by atoms with Crippen LogP contribution in [0.15, 0.2) is 29.8 Å². The van der Waals surface area contributed by atoms with E-state index < -0.39 is 28.1 Å². The Morgan fingerprint density at radius 3 is 2.62 bits per heavy atom. The molecule has 1 aromatic rings. The van der Waals surface area contributed by atoms with Crippen molar-refractivity contribution in [2.24, 2.45) is 17.3 Å². The number of likely N-dealkylation sites (N-methyl/N-ethyl adjacent to an activating group) is 1. The highest BCUT2D eigenvalue weighted by Crippen LogP contribution is 2.54. The van der Waals surface area contributed by atoms with Crippen molar-refractivity contribution >= 4 is 23.0 Å². The van der Waals surface area contributed by atoms with Gasteiger partial charge in [0.05, 0.1) is 48.5 Å². The lowest BCUT2D eigenvalue weighted by Crippen LogP contribution is -3.13. The van der Waals surface area contributed by atoms with Gasteiger partial charge in [-0.25, -0.2) is 0 Å². The lowest BCUT2D eigenvalue weighted by Gasteiger charge is -2.46. The summed E-state index contributed by atoms with van der Waals surface area (Å²) in [6, 6.07) is 10.1. The molecule has 29 heavy (non-hydrogen) atoms. The minimum absolute atomic E-state index is 0.168. The average molecular weight is 410 g/mol. The topological polar surface area (TPSA) is 143 Å². The number of quaternary nitrogens is 1. The van der Waals surface area contributed by atoms with Gasteiger partial charge in [-0.05, 0) is 24.6 Å². The molecule has 9 heteroatoms. The van der Waals surface area contributed by atoms with E-state index >= 15 is 0 Å². The predicted octanol–water partition coefficient (Wildman–Crippen LogP) is 2.00. The summed E-state index contributed by atoms with van der Waals surface area (Å²) < 4.78 is 0. The Bertz CT molecular complexity index is 1030. The first kappa shape index (κ1) is 20.5. The first-order chi connectivity index (χ1) is 13.8. The van der Waals surface area contributed by atoms with Crippen molar-refractivity contribution in [3.8, 4) is 18.2 Å². The Kier molecular flexibility index (Phi) is 5.40. The van der Waals surface area contributed by atoms with Crippen LogP contribution in [0, 0.1) is 66.8 Å². The zero-order valence-electron chi connectivity index (χ0n) is 15.6. The van der Waals surface area contributed by atoms with Gasteiger partial charge in [-0.15, -0.1) is 0 Å². The number of rotatable bonds is 3. The zero-order valence-corrected chi connectivity index (χ0v) is 16.4. The van der Waals surface area contributed by atoms with Crippen LogP contribution in [0.4, 0.5) is 5.69 Å². The third kappa shape index (κ3) is 3.06. The van der Waals surface area contributed by atoms with E-state index in [-0.39, 0.29) is 22.0 Å². The standard InChI is InChI=1S/C20H17ClN6O2/c1-2-26-6-5-13-15(8-22)19(25)20(10-23,11-24)18(16(13)9-26)14-4-3-12(21)7-17(14)27(28)29/h3-5,7,15-16,18,25H,2,6,9H2,1H3/p+1/t15?,16-,18+/m0/s1. The molecule has 2 unspecified atom stereocenters. The molecule has 1 saturated carbocycles. The number of nitrogens with zero attached hydrogens (tertiary/aromatic N) is 4. The van der Waals surface area contributed by atoms with Gasteiger partial charge >= 0.3 is 0 Å². The van der Waals surface area contributed by atoms with Gasteiger partial charge in [-0.1, -0.05) is 17.7 Å². The molecule has 1 heterocycles. The fourth-order valence-corrected chi connectivity index (χ4v) is 4.70. The molecule has 2 N–H and O–H groups in total. The van der Waals surface area contributed by atoms with Crippen LogP contribution in [0.25, 0.3) is 0 Å². The van der Waals surface area contributed by atoms with Crippen LogP contribution in [-0.4, -0.2) is 30.3 Å². The molecule has 3 rings (SSSR count). The quantitative estimate of drug-likeness (QED) is 0.445. The van der Waals surface area contributed by atoms with Crippen LogP contribution in [0.2, 0.25) is 5.02 Å². The second kappa shape index (κ2) is 7.64. The summed E-state index contributed by atoms with van der Waals surface area (Å²) in [6.45, 7) is 3.97. The van der Waals surface area contributed by atoms with Crippen molar-refractivity contribution < 1.29 is 9.82 Å². The zero-order chi connectivity index (χ0) is 21.3. The number of fused-ring (bicyclic) bond motifs is 1. The molecule has 0 saturated heterocycles. The number of halogens is 1. The van der Waals surface area contributed by atoms with Gasteiger partial charge in [0.2, 0.25) is 0 Å². The molecule has 0 spiro atoms. The van der Waals surface area contributed by atoms with Gasteiger partial charge in [0.15, 0.2) is 5.41 Å². The normalized spacial score (nSPS) is 27.6. The SMILES string of the molecule is CC[NH+]1CC=C2C(C#N)C(=N)C(C#N)(C#N)[C@H](c3ccc(Cl)cc3[N+](=O)[O-])[C@H]2C1. The maximum atomic E-state index is 11.7. The van der Waals surface area contributed by atoms with Crippen LogP contribution in [-0.2, 0) is 0 Å². The molecule has 1 fully saturated rings. The lowest BCUT2D eigenvalue weighted by molar-refractivity contribution is -0.897. The Morgan fingerprint density at radius 1 is 1.38 bits per heavy atom. The summed E-state index contributed by atoms with van der Waals surface area (Å²) in [6.07, 6.45) is 1.89. The number of benzene rings is 1. The van der Waals surface area contributed by atoms with E-state index in [1.165, 1.54) is 23.1 Å². The Hall–Kier alpha value is -3.25. The van der Waals surface area contributed by atoms with Crippen LogP contribution >= 0.6 is 11.6 Å². The molecule has 2 aliphatic rings. The second-order valence-electron chi connectivity index (χ2n) is 7.27. The van der Waals surface area contributed by atoms with E-state index in [1.54, 1.807) is 0 Å². The maximum Gasteiger partial charge on any atom is 0.274 e. The third-order valence-electron chi connectivity index (χ3n) is 5.98. The number of hydrogen-bond donors (Lipinski definition) is 2. The molecule has 0 amide bonds. The number of nitro benzene ring substituents is 1. The first-order valence-electron chi connectivity index (χ1n) is 9.12. The van der Waals surface area contributed by atoms with Crippen LogP contribution in [0.5, 0.6) is 0 Å². The Morgan fingerprint density at radius 2 is 2.07 bits per heavy atom. The summed E-state index contributed by atoms with van der Waals surface area (Å²) in [5.41, 5.74) is -1.72. The number of hydrogen-bond acceptors (Lipinski definition) is 6. The average Bonchev–Trinajstić information content (AvgIpc) is 2.73. The van der Waals surface area contributed by atoms with Gasteiger partial charge in [0.1, 0.15) is 5.92 Å². The molecule has 0 aromatic heterocycles. The van der Waals surface area contributed by atoms with Gasteiger partial charge in [-0.2, -0.15) is 15.8 Å². The van der Waals surface area contributed by atoms with E-state index in [1.807, 2.05) is 25.1 Å². The summed E-state index contributed by atoms with van der Waals surface area (Å²) in [7, 11) is 0. The highest BCUT2D eigenvalue weighted by molar-refractivity contribution is 6.30. The number of nitro groups is 1. The van der Waals surface area contributed by atoms with Gasteiger partial charge in [0, 0.05) is 28.5 Å². The Labute approximate surface area is 172 Å². The first-order valence-corrected chi connectivity index (χ1v) is 9.50. The van der Waals surface area contributed by atoms with Gasteiger partial charge < -0.3 is 10.3 Å². The van der Waals surface area contributed by atoms with Crippen molar-refractivity contribution in [1.29, 1.82) is 21.2 Å². The molecule has 1 aliphatic carbocycles. The van der Waals surface area contributed by atoms with Crippen LogP contribution in [0.1, 0.15) is 18.4 Å². The van der Waals surface area contributed by atoms with E-state index in [4.69, 9.17) is 17.0 Å². The molecule has 146 valence electrons. The van der Waals surface area contributed by atoms with Crippen LogP contribution < -0.4 is 4.90 Å². The molecule has 1 aromatic carbocycles. The second-order valence-corrected chi connectivity index (χ2v) is 7.70. The fourth-order valence-electron chi connectivity index (χ4n) is 4.53. The molecule has 0 bridgehead atoms. The van der Waals surface area contributed by atoms with Gasteiger partial charge in [0.25, 0.3) is 5.69 Å². The van der Waals surface area contributed by atoms with E-state index in [0.29, 0.717) is 18.7 Å². The molecular weight excluding hydrogens is 392 g/mol. The summed E-state index contributed by atoms with van der Waals surface area (Å²) in [5, 5.41) is 50.2. The largest absolute Gasteiger partial charge is 0.331 e. The van der Waals surface area contributed by atoms with Crippen LogP contribution in [0.3, 0.4) is 0 Å². The summed E-state index contributed by atoms with van der Waals surface area (Å²) in [4.78, 5) is 12.3. The third-order valence-corrected chi connectivity index (χ3v) is 6.22. The molecule has 4 atom stereocenters. The van der Waals surface area contributed by atoms with Crippen molar-refractivity contribution in [1.82, 2.24) is 0 Å². The summed E-state index contributed by atoms with van der Waals surface area (Å²) in [5.74, 6) is -2.38. The predicted molar refractivity (Wildman–Crippen MR) is 104 cm³/mol. The van der Waals surface area contributed by atoms with Crippen molar-refractivity contribution in [2.75, 3.05) is 19.6 Å². The van der Waals surface area contributed by atoms with Crippen molar-refractivity contribution in [2.45, 2.75) is 12.8 Å². The number of nitriles is 3. The molecule has 0 radical (unpaired) electrons. The highest BCUT2D eigenvalue weighted by Gasteiger charge is 2.59. The van der Waals surface area contributed by atoms with Crippen molar-refractivity contribution in [3.05, 3.63) is 50.5 Å². The molecule has 8 nitrogen and oxygen atoms in total. The van der Waals surface area contributed by atoms with E-state index in [2.05, 4.69) is 6.07 Å². The monoisotopic (exact) mass is 409 g/mol. The van der Waals surface area contributed by atoms with E-state index in [0.717, 1.165) is 6.54 Å². The van der Waals surface area contributed by atoms with Gasteiger partial charge in [-0.3, -0.25) is 10.1 Å².